The fourth-order valence-corrected chi connectivity index (χ4v) is 5.18. The number of benzene rings is 3. The Bertz CT molecular complexity index is 1240. The van der Waals surface area contributed by atoms with Crippen molar-refractivity contribution in [1.29, 1.82) is 0 Å². The molecule has 1 aliphatic heterocycles. The summed E-state index contributed by atoms with van der Waals surface area (Å²) in [4.78, 5) is 0. The van der Waals surface area contributed by atoms with Gasteiger partial charge in [-0.2, -0.15) is 0 Å². The molecule has 0 aromatic heterocycles. The van der Waals surface area contributed by atoms with Gasteiger partial charge in [0.2, 0.25) is 0 Å². The van der Waals surface area contributed by atoms with E-state index in [-0.39, 0.29) is 17.9 Å². The molecule has 1 heterocycles. The van der Waals surface area contributed by atoms with Gasteiger partial charge in [0, 0.05) is 5.92 Å². The molecule has 0 bridgehead atoms. The maximum absolute atomic E-state index is 11.4. The number of rotatable bonds is 11. The van der Waals surface area contributed by atoms with Crippen molar-refractivity contribution >= 4 is 6.08 Å². The number of hydrogen-bond acceptors (Lipinski definition) is 7. The summed E-state index contributed by atoms with van der Waals surface area (Å²) in [5.74, 6) is 3.43. The Kier molecular flexibility index (Phi) is 9.74. The van der Waals surface area contributed by atoms with Crippen LogP contribution >= 0.6 is 0 Å². The molecular formula is C32H38O7. The zero-order valence-electron chi connectivity index (χ0n) is 23.3. The summed E-state index contributed by atoms with van der Waals surface area (Å²) in [6.45, 7) is 0.424. The molecule has 1 N–H and O–H groups in total. The normalized spacial score (nSPS) is 19.9. The molecule has 208 valence electrons. The number of allylic oxidation sites excluding steroid dienone is 1. The first-order chi connectivity index (χ1) is 19.0. The van der Waals surface area contributed by atoms with Crippen LogP contribution in [0.25, 0.3) is 6.08 Å². The third-order valence-electron chi connectivity index (χ3n) is 7.32. The SMILES string of the molecule is COc1ccc(/C=C/C[C@@H]2C[C@@H]([C@@H](O)c3ccc(OC)c(OC)c3)CO[C@H]2c2ccc(OC)c(OC)c2)cc1. The second kappa shape index (κ2) is 13.4. The van der Waals surface area contributed by atoms with E-state index in [9.17, 15) is 5.11 Å². The van der Waals surface area contributed by atoms with E-state index in [0.717, 1.165) is 35.3 Å². The van der Waals surface area contributed by atoms with E-state index < -0.39 is 6.10 Å². The van der Waals surface area contributed by atoms with E-state index >= 15 is 0 Å². The quantitative estimate of drug-likeness (QED) is 0.311. The Labute approximate surface area is 230 Å². The predicted octanol–water partition coefficient (Wildman–Crippen LogP) is 6.26. The first-order valence-corrected chi connectivity index (χ1v) is 13.0. The highest BCUT2D eigenvalue weighted by atomic mass is 16.5. The van der Waals surface area contributed by atoms with Crippen molar-refractivity contribution in [3.05, 3.63) is 83.4 Å². The lowest BCUT2D eigenvalue weighted by Gasteiger charge is -2.38. The van der Waals surface area contributed by atoms with Crippen LogP contribution in [-0.2, 0) is 4.74 Å². The van der Waals surface area contributed by atoms with Gasteiger partial charge in [0.1, 0.15) is 5.75 Å². The highest BCUT2D eigenvalue weighted by molar-refractivity contribution is 5.50. The molecule has 1 aliphatic rings. The molecule has 0 unspecified atom stereocenters. The number of ether oxygens (including phenoxy) is 6. The summed E-state index contributed by atoms with van der Waals surface area (Å²) >= 11 is 0. The molecule has 3 aromatic rings. The van der Waals surface area contributed by atoms with Gasteiger partial charge in [-0.15, -0.1) is 0 Å². The van der Waals surface area contributed by atoms with Crippen LogP contribution in [0.3, 0.4) is 0 Å². The number of hydrogen-bond donors (Lipinski definition) is 1. The smallest absolute Gasteiger partial charge is 0.161 e. The summed E-state index contributed by atoms with van der Waals surface area (Å²) in [6.07, 6.45) is 4.99. The minimum absolute atomic E-state index is 0.0844. The molecule has 1 saturated heterocycles. The number of aliphatic hydroxyl groups excluding tert-OH is 1. The molecule has 4 rings (SSSR count). The minimum atomic E-state index is -0.704. The Balaban J connectivity index is 1.57. The van der Waals surface area contributed by atoms with Gasteiger partial charge in [0.25, 0.3) is 0 Å². The van der Waals surface area contributed by atoms with Crippen LogP contribution in [-0.4, -0.2) is 47.3 Å². The molecule has 0 radical (unpaired) electrons. The third-order valence-corrected chi connectivity index (χ3v) is 7.32. The second-order valence-electron chi connectivity index (χ2n) is 9.59. The van der Waals surface area contributed by atoms with E-state index in [4.69, 9.17) is 28.4 Å². The predicted molar refractivity (Wildman–Crippen MR) is 151 cm³/mol. The molecule has 0 aliphatic carbocycles. The average Bonchev–Trinajstić information content (AvgIpc) is 3.00. The fourth-order valence-electron chi connectivity index (χ4n) is 5.18. The zero-order chi connectivity index (χ0) is 27.8. The van der Waals surface area contributed by atoms with E-state index in [2.05, 4.69) is 12.2 Å². The van der Waals surface area contributed by atoms with Crippen molar-refractivity contribution in [2.75, 3.05) is 42.2 Å². The van der Waals surface area contributed by atoms with E-state index in [0.29, 0.717) is 29.6 Å². The fraction of sp³-hybridized carbons (Fsp3) is 0.375. The molecule has 1 fully saturated rings. The highest BCUT2D eigenvalue weighted by Crippen LogP contribution is 2.44. The number of aliphatic hydroxyl groups is 1. The lowest BCUT2D eigenvalue weighted by atomic mass is 9.79. The first kappa shape index (κ1) is 28.3. The number of methoxy groups -OCH3 is 5. The highest BCUT2D eigenvalue weighted by Gasteiger charge is 2.36. The van der Waals surface area contributed by atoms with Crippen LogP contribution in [0, 0.1) is 11.8 Å². The minimum Gasteiger partial charge on any atom is -0.497 e. The Morgan fingerprint density at radius 3 is 2.08 bits per heavy atom. The van der Waals surface area contributed by atoms with Crippen molar-refractivity contribution in [3.63, 3.8) is 0 Å². The third kappa shape index (κ3) is 6.67. The molecule has 39 heavy (non-hydrogen) atoms. The van der Waals surface area contributed by atoms with Gasteiger partial charge in [-0.05, 0) is 71.8 Å². The average molecular weight is 535 g/mol. The van der Waals surface area contributed by atoms with Gasteiger partial charge < -0.3 is 33.5 Å². The largest absolute Gasteiger partial charge is 0.497 e. The summed E-state index contributed by atoms with van der Waals surface area (Å²) in [5, 5.41) is 11.4. The summed E-state index contributed by atoms with van der Waals surface area (Å²) in [6, 6.07) is 19.4. The van der Waals surface area contributed by atoms with Crippen molar-refractivity contribution in [1.82, 2.24) is 0 Å². The maximum Gasteiger partial charge on any atom is 0.161 e. The molecule has 7 nitrogen and oxygen atoms in total. The Hall–Kier alpha value is -3.68. The molecule has 0 amide bonds. The molecule has 4 atom stereocenters. The standard InChI is InChI=1S/C32H38O7/c1-34-26-13-9-21(10-14-26)7-6-8-23-17-25(31(33)22-11-15-27(35-2)29(18-22)37-4)20-39-32(23)24-12-16-28(36-3)30(19-24)38-5/h6-7,9-16,18-19,23,25,31-33H,8,17,20H2,1-5H3/b7-6+/t23-,25-,31+,32-/m1/s1. The molecule has 7 heteroatoms. The topological polar surface area (TPSA) is 75.6 Å². The Morgan fingerprint density at radius 2 is 1.44 bits per heavy atom. The monoisotopic (exact) mass is 534 g/mol. The molecule has 3 aromatic carbocycles. The van der Waals surface area contributed by atoms with E-state index in [1.54, 1.807) is 35.5 Å². The summed E-state index contributed by atoms with van der Waals surface area (Å²) in [5.41, 5.74) is 2.89. The van der Waals surface area contributed by atoms with Gasteiger partial charge in [-0.3, -0.25) is 0 Å². The maximum atomic E-state index is 11.4. The zero-order valence-corrected chi connectivity index (χ0v) is 23.3. The van der Waals surface area contributed by atoms with Crippen LogP contribution in [0.4, 0.5) is 0 Å². The van der Waals surface area contributed by atoms with Crippen LogP contribution in [0.5, 0.6) is 28.7 Å². The second-order valence-corrected chi connectivity index (χ2v) is 9.59. The van der Waals surface area contributed by atoms with Crippen molar-refractivity contribution in [2.24, 2.45) is 11.8 Å². The summed E-state index contributed by atoms with van der Waals surface area (Å²) < 4.78 is 33.5. The lowest BCUT2D eigenvalue weighted by Crippen LogP contribution is -2.32. The van der Waals surface area contributed by atoms with E-state index in [1.165, 1.54) is 0 Å². The van der Waals surface area contributed by atoms with Crippen molar-refractivity contribution < 1.29 is 33.5 Å². The van der Waals surface area contributed by atoms with Gasteiger partial charge in [-0.1, -0.05) is 36.4 Å². The van der Waals surface area contributed by atoms with Crippen LogP contribution < -0.4 is 23.7 Å². The molecular weight excluding hydrogens is 496 g/mol. The Morgan fingerprint density at radius 1 is 0.795 bits per heavy atom. The van der Waals surface area contributed by atoms with Crippen LogP contribution in [0.2, 0.25) is 0 Å². The van der Waals surface area contributed by atoms with Crippen LogP contribution in [0.15, 0.2) is 66.7 Å². The molecule has 0 spiro atoms. The van der Waals surface area contributed by atoms with Crippen LogP contribution in [0.1, 0.15) is 41.7 Å². The van der Waals surface area contributed by atoms with Gasteiger partial charge in [0.05, 0.1) is 54.4 Å². The van der Waals surface area contributed by atoms with Crippen molar-refractivity contribution in [2.45, 2.75) is 25.0 Å². The van der Waals surface area contributed by atoms with Gasteiger partial charge >= 0.3 is 0 Å². The van der Waals surface area contributed by atoms with Gasteiger partial charge in [-0.25, -0.2) is 0 Å². The first-order valence-electron chi connectivity index (χ1n) is 13.0. The van der Waals surface area contributed by atoms with Crippen molar-refractivity contribution in [3.8, 4) is 28.7 Å². The summed E-state index contributed by atoms with van der Waals surface area (Å²) in [7, 11) is 8.11. The van der Waals surface area contributed by atoms with E-state index in [1.807, 2.05) is 60.7 Å². The molecule has 0 saturated carbocycles. The van der Waals surface area contributed by atoms with Gasteiger partial charge in [0.15, 0.2) is 23.0 Å². The lowest BCUT2D eigenvalue weighted by molar-refractivity contribution is -0.0901.